The second-order valence-corrected chi connectivity index (χ2v) is 13.7. The Hall–Kier alpha value is -3.37. The molecule has 284 valence electrons. The third kappa shape index (κ3) is 14.6. The maximum Gasteiger partial charge on any atom is 0.340 e. The molecule has 3 rings (SSSR count). The van der Waals surface area contributed by atoms with E-state index in [-0.39, 0.29) is 51.0 Å². The smallest absolute Gasteiger partial charge is 0.340 e. The predicted molar refractivity (Wildman–Crippen MR) is 209 cm³/mol. The maximum absolute atomic E-state index is 13.5. The second kappa shape index (κ2) is 23.3. The van der Waals surface area contributed by atoms with Crippen molar-refractivity contribution in [2.45, 2.75) is 89.2 Å². The highest BCUT2D eigenvalue weighted by Gasteiger charge is 2.30. The highest BCUT2D eigenvalue weighted by molar-refractivity contribution is 7.13. The summed E-state index contributed by atoms with van der Waals surface area (Å²) in [5.74, 6) is -2.10. The van der Waals surface area contributed by atoms with Crippen molar-refractivity contribution >= 4 is 82.3 Å². The fourth-order valence-corrected chi connectivity index (χ4v) is 6.82. The summed E-state index contributed by atoms with van der Waals surface area (Å²) in [5.41, 5.74) is 0.923. The number of urea groups is 1. The summed E-state index contributed by atoms with van der Waals surface area (Å²) in [5, 5.41) is 16.2. The van der Waals surface area contributed by atoms with E-state index in [0.29, 0.717) is 25.2 Å². The van der Waals surface area contributed by atoms with Crippen LogP contribution < -0.4 is 26.4 Å². The minimum absolute atomic E-state index is 0.0688. The van der Waals surface area contributed by atoms with Crippen LogP contribution in [0.5, 0.6) is 0 Å². The summed E-state index contributed by atoms with van der Waals surface area (Å²) in [6.45, 7) is 2.77. The van der Waals surface area contributed by atoms with Gasteiger partial charge in [-0.15, -0.1) is 0 Å². The van der Waals surface area contributed by atoms with Crippen LogP contribution in [0.3, 0.4) is 0 Å². The van der Waals surface area contributed by atoms with Crippen molar-refractivity contribution < 1.29 is 42.5 Å². The third-order valence-corrected chi connectivity index (χ3v) is 9.81. The summed E-state index contributed by atoms with van der Waals surface area (Å²) in [7, 11) is 6.26. The zero-order chi connectivity index (χ0) is 37.9. The normalized spacial score (nSPS) is 17.1. The van der Waals surface area contributed by atoms with E-state index in [9.17, 15) is 28.8 Å². The van der Waals surface area contributed by atoms with Crippen molar-refractivity contribution in [1.29, 1.82) is 0 Å². The summed E-state index contributed by atoms with van der Waals surface area (Å²) < 4.78 is 14.3. The second-order valence-electron chi connectivity index (χ2n) is 12.8. The van der Waals surface area contributed by atoms with Crippen LogP contribution in [-0.4, -0.2) is 74.5 Å². The standard InChI is InChI=1S/C34H51BN5O9P3/c1-35-47-32(44)27(15-16-29(41)48-51)40-34(46)39-26(33(45)49-52)8-4-5-17-36-31(43)28(19-22-11-12-23-6-2-3-7-25(23)18-22)38-30(42)24-13-9-21(10-14-24)20-37-50/h2-3,6-7,11-12,18,21,24,26-28,35,37H,4-5,8-10,13-17,19-20,50-52H2,1H3,(H,36,43)(H,38,42)(H2,39,40,46). The lowest BCUT2D eigenvalue weighted by Crippen LogP contribution is -2.51. The van der Waals surface area contributed by atoms with Gasteiger partial charge in [0.1, 0.15) is 18.1 Å². The lowest BCUT2D eigenvalue weighted by molar-refractivity contribution is -0.137. The van der Waals surface area contributed by atoms with Gasteiger partial charge >= 0.3 is 31.4 Å². The summed E-state index contributed by atoms with van der Waals surface area (Å²) in [4.78, 5) is 76.1. The molecule has 0 aromatic heterocycles. The van der Waals surface area contributed by atoms with E-state index >= 15 is 0 Å². The molecule has 0 aliphatic heterocycles. The molecule has 52 heavy (non-hydrogen) atoms. The molecule has 2 aromatic carbocycles. The molecule has 1 saturated carbocycles. The van der Waals surface area contributed by atoms with E-state index in [1.807, 2.05) is 61.4 Å². The van der Waals surface area contributed by atoms with Gasteiger partial charge in [0.15, 0.2) is 0 Å². The van der Waals surface area contributed by atoms with Crippen molar-refractivity contribution in [2.75, 3.05) is 13.1 Å². The summed E-state index contributed by atoms with van der Waals surface area (Å²) in [6.07, 6.45) is 4.59. The Morgan fingerprint density at radius 2 is 1.52 bits per heavy atom. The van der Waals surface area contributed by atoms with E-state index in [1.54, 1.807) is 6.82 Å². The molecule has 6 unspecified atom stereocenters. The van der Waals surface area contributed by atoms with Crippen LogP contribution in [0.2, 0.25) is 6.82 Å². The zero-order valence-electron chi connectivity index (χ0n) is 29.5. The summed E-state index contributed by atoms with van der Waals surface area (Å²) in [6, 6.07) is 10.1. The number of benzene rings is 2. The van der Waals surface area contributed by atoms with Gasteiger partial charge < -0.3 is 40.1 Å². The monoisotopic (exact) mass is 777 g/mol. The molecular weight excluding hydrogens is 726 g/mol. The van der Waals surface area contributed by atoms with Crippen molar-refractivity contribution in [2.24, 2.45) is 11.8 Å². The molecule has 14 nitrogen and oxygen atoms in total. The number of carbonyl (C=O) groups is 6. The molecule has 5 N–H and O–H groups in total. The van der Waals surface area contributed by atoms with Gasteiger partial charge in [-0.2, -0.15) is 0 Å². The molecule has 6 atom stereocenters. The average Bonchev–Trinajstić information content (AvgIpc) is 3.15. The molecule has 2 aromatic rings. The van der Waals surface area contributed by atoms with Crippen LogP contribution in [-0.2, 0) is 44.1 Å². The van der Waals surface area contributed by atoms with E-state index in [1.165, 1.54) is 0 Å². The van der Waals surface area contributed by atoms with Crippen LogP contribution in [0.15, 0.2) is 42.5 Å². The maximum atomic E-state index is 13.5. The fraction of sp³-hybridized carbons (Fsp3) is 0.529. The van der Waals surface area contributed by atoms with Gasteiger partial charge in [-0.1, -0.05) is 58.7 Å². The molecule has 1 aliphatic rings. The lowest BCUT2D eigenvalue weighted by Gasteiger charge is -2.29. The van der Waals surface area contributed by atoms with Crippen LogP contribution in [0.1, 0.15) is 63.4 Å². The van der Waals surface area contributed by atoms with Gasteiger partial charge in [0.25, 0.3) is 0 Å². The molecule has 0 saturated heterocycles. The Morgan fingerprint density at radius 3 is 2.17 bits per heavy atom. The number of carbonyl (C=O) groups excluding carboxylic acids is 6. The average molecular weight is 778 g/mol. The molecule has 18 heteroatoms. The van der Waals surface area contributed by atoms with Crippen LogP contribution in [0, 0.1) is 11.8 Å². The Balaban J connectivity index is 1.57. The van der Waals surface area contributed by atoms with Gasteiger partial charge in [-0.05, 0) is 73.6 Å². The molecule has 0 spiro atoms. The number of unbranched alkanes of at least 4 members (excludes halogenated alkanes) is 1. The van der Waals surface area contributed by atoms with Gasteiger partial charge in [0, 0.05) is 31.8 Å². The van der Waals surface area contributed by atoms with E-state index in [4.69, 9.17) is 9.18 Å². The first-order chi connectivity index (χ1) is 25.1. The van der Waals surface area contributed by atoms with Gasteiger partial charge in [-0.3, -0.25) is 19.2 Å². The Labute approximate surface area is 312 Å². The van der Waals surface area contributed by atoms with Crippen LogP contribution >= 0.6 is 28.3 Å². The molecule has 0 radical (unpaired) electrons. The molecule has 1 aliphatic carbocycles. The fourth-order valence-electron chi connectivity index (χ4n) is 6.21. The topological polar surface area (TPSA) is 190 Å². The van der Waals surface area contributed by atoms with Crippen LogP contribution in [0.25, 0.3) is 10.8 Å². The zero-order valence-corrected chi connectivity index (χ0v) is 33.0. The molecule has 0 heterocycles. The van der Waals surface area contributed by atoms with Crippen LogP contribution in [0.4, 0.5) is 4.79 Å². The van der Waals surface area contributed by atoms with Crippen molar-refractivity contribution in [3.8, 4) is 0 Å². The quantitative estimate of drug-likeness (QED) is 0.0760. The summed E-state index contributed by atoms with van der Waals surface area (Å²) >= 11 is 0. The minimum Gasteiger partial charge on any atom is -0.539 e. The largest absolute Gasteiger partial charge is 0.539 e. The van der Waals surface area contributed by atoms with Gasteiger partial charge in [0.2, 0.25) is 11.8 Å². The third-order valence-electron chi connectivity index (χ3n) is 9.08. The first-order valence-corrected chi connectivity index (χ1v) is 19.1. The minimum atomic E-state index is -1.15. The molecule has 4 amide bonds. The lowest BCUT2D eigenvalue weighted by atomic mass is 9.81. The van der Waals surface area contributed by atoms with E-state index in [2.05, 4.69) is 40.3 Å². The van der Waals surface area contributed by atoms with E-state index in [0.717, 1.165) is 48.6 Å². The Morgan fingerprint density at radius 1 is 0.827 bits per heavy atom. The number of nitrogens with one attached hydrogen (secondary N) is 5. The number of amides is 4. The molecular formula is C34H51BN5O9P3. The van der Waals surface area contributed by atoms with Crippen molar-refractivity contribution in [3.05, 3.63) is 48.0 Å². The highest BCUT2D eigenvalue weighted by atomic mass is 31.0. The first kappa shape index (κ1) is 43.0. The Bertz CT molecular complexity index is 1520. The first-order valence-electron chi connectivity index (χ1n) is 17.6. The van der Waals surface area contributed by atoms with Crippen molar-refractivity contribution in [1.82, 2.24) is 26.4 Å². The van der Waals surface area contributed by atoms with Gasteiger partial charge in [-0.25, -0.2) is 9.59 Å². The number of hydrogen-bond donors (Lipinski definition) is 5. The van der Waals surface area contributed by atoms with Crippen molar-refractivity contribution in [3.63, 3.8) is 0 Å². The van der Waals surface area contributed by atoms with E-state index < -0.39 is 42.1 Å². The SMILES string of the molecule is CBOC(=O)C(CCC(=O)OP)NC(=O)NC(CCCCNC(=O)C(Cc1ccc2ccccc2c1)NC(=O)C1CCC(CNP)CC1)C(=O)OP. The Kier molecular flexibility index (Phi) is 19.3. The number of rotatable bonds is 20. The highest BCUT2D eigenvalue weighted by Crippen LogP contribution is 2.29. The molecule has 1 fully saturated rings. The van der Waals surface area contributed by atoms with Gasteiger partial charge in [0.05, 0.1) is 18.9 Å². The number of fused-ring (bicyclic) bond motifs is 1. The molecule has 0 bridgehead atoms. The number of hydrogen-bond acceptors (Lipinski definition) is 10. The predicted octanol–water partition coefficient (Wildman–Crippen LogP) is 2.77.